The zero-order valence-electron chi connectivity index (χ0n) is 18.2. The third-order valence-corrected chi connectivity index (χ3v) is 5.54. The fourth-order valence-corrected chi connectivity index (χ4v) is 4.31. The van der Waals surface area contributed by atoms with Crippen molar-refractivity contribution in [2.45, 2.75) is 0 Å². The first-order valence-corrected chi connectivity index (χ1v) is 11.7. The van der Waals surface area contributed by atoms with Gasteiger partial charge < -0.3 is 10.1 Å². The molecule has 3 rings (SSSR count). The largest absolute Gasteiger partial charge is 0.495 e. The summed E-state index contributed by atoms with van der Waals surface area (Å²) < 4.78 is 6.93. The van der Waals surface area contributed by atoms with E-state index in [1.54, 1.807) is 43.5 Å². The van der Waals surface area contributed by atoms with E-state index in [2.05, 4.69) is 47.7 Å². The van der Waals surface area contributed by atoms with E-state index >= 15 is 0 Å². The standard InChI is InChI=1S/C26H21Br2N3O3/c1-34-24-20(15-21(27)16-22(24)28)17-29-31-26(33)23(14-8-11-18-9-4-2-5-10-18)30-25(32)19-12-6-3-7-13-19/h2-17H,1H3,(H,30,32)(H,31,33). The number of halogens is 2. The predicted octanol–water partition coefficient (Wildman–Crippen LogP) is 5.70. The van der Waals surface area contributed by atoms with E-state index in [0.29, 0.717) is 16.9 Å². The van der Waals surface area contributed by atoms with Gasteiger partial charge in [-0.05, 0) is 51.8 Å². The summed E-state index contributed by atoms with van der Waals surface area (Å²) in [7, 11) is 1.54. The summed E-state index contributed by atoms with van der Waals surface area (Å²) in [6.45, 7) is 0. The van der Waals surface area contributed by atoms with Crippen LogP contribution in [0.2, 0.25) is 0 Å². The van der Waals surface area contributed by atoms with Crippen LogP contribution in [0.25, 0.3) is 6.08 Å². The molecule has 0 saturated carbocycles. The van der Waals surface area contributed by atoms with Gasteiger partial charge in [-0.15, -0.1) is 0 Å². The maximum atomic E-state index is 12.8. The Morgan fingerprint density at radius 3 is 2.32 bits per heavy atom. The summed E-state index contributed by atoms with van der Waals surface area (Å²) in [5.74, 6) is -0.414. The number of hydrogen-bond donors (Lipinski definition) is 2. The van der Waals surface area contributed by atoms with Gasteiger partial charge in [-0.25, -0.2) is 5.43 Å². The minimum atomic E-state index is -0.578. The normalized spacial score (nSPS) is 11.6. The van der Waals surface area contributed by atoms with Gasteiger partial charge in [0.2, 0.25) is 0 Å². The molecule has 0 atom stereocenters. The summed E-state index contributed by atoms with van der Waals surface area (Å²) in [6, 6.07) is 21.9. The molecule has 6 nitrogen and oxygen atoms in total. The second-order valence-electron chi connectivity index (χ2n) is 6.88. The molecular formula is C26H21Br2N3O3. The highest BCUT2D eigenvalue weighted by molar-refractivity contribution is 9.11. The Morgan fingerprint density at radius 2 is 1.65 bits per heavy atom. The molecule has 172 valence electrons. The SMILES string of the molecule is COc1c(Br)cc(Br)cc1C=NNC(=O)C(=CC=Cc1ccccc1)NC(=O)c1ccccc1. The van der Waals surface area contributed by atoms with Gasteiger partial charge in [0, 0.05) is 15.6 Å². The predicted molar refractivity (Wildman–Crippen MR) is 142 cm³/mol. The van der Waals surface area contributed by atoms with Crippen LogP contribution in [-0.2, 0) is 4.79 Å². The smallest absolute Gasteiger partial charge is 0.287 e. The first-order chi connectivity index (χ1) is 16.5. The molecule has 2 N–H and O–H groups in total. The van der Waals surface area contributed by atoms with Gasteiger partial charge >= 0.3 is 0 Å². The lowest BCUT2D eigenvalue weighted by atomic mass is 10.2. The van der Waals surface area contributed by atoms with Crippen molar-refractivity contribution in [2.24, 2.45) is 5.10 Å². The van der Waals surface area contributed by atoms with Crippen molar-refractivity contribution in [1.82, 2.24) is 10.7 Å². The molecule has 0 bridgehead atoms. The zero-order valence-corrected chi connectivity index (χ0v) is 21.3. The number of amides is 2. The molecule has 2 amide bonds. The molecule has 3 aromatic carbocycles. The number of rotatable bonds is 8. The highest BCUT2D eigenvalue weighted by atomic mass is 79.9. The molecule has 0 fully saturated rings. The van der Waals surface area contributed by atoms with Gasteiger partial charge in [-0.1, -0.05) is 76.6 Å². The number of carbonyl (C=O) groups excluding carboxylic acids is 2. The summed E-state index contributed by atoms with van der Waals surface area (Å²) >= 11 is 6.85. The Hall–Kier alpha value is -3.49. The van der Waals surface area contributed by atoms with Gasteiger partial charge in [0.25, 0.3) is 11.8 Å². The van der Waals surface area contributed by atoms with Crippen molar-refractivity contribution >= 4 is 56.0 Å². The number of nitrogens with zero attached hydrogens (tertiary/aromatic N) is 1. The molecule has 8 heteroatoms. The average Bonchev–Trinajstić information content (AvgIpc) is 2.84. The van der Waals surface area contributed by atoms with Crippen molar-refractivity contribution < 1.29 is 14.3 Å². The van der Waals surface area contributed by atoms with Gasteiger partial charge in [-0.2, -0.15) is 5.10 Å². The van der Waals surface area contributed by atoms with Crippen LogP contribution in [0.4, 0.5) is 0 Å². The molecular weight excluding hydrogens is 562 g/mol. The molecule has 0 aliphatic carbocycles. The van der Waals surface area contributed by atoms with Crippen molar-refractivity contribution in [1.29, 1.82) is 0 Å². The molecule has 0 saturated heterocycles. The second-order valence-corrected chi connectivity index (χ2v) is 8.65. The van der Waals surface area contributed by atoms with Gasteiger partial charge in [0.15, 0.2) is 0 Å². The number of allylic oxidation sites excluding steroid dienone is 2. The van der Waals surface area contributed by atoms with E-state index in [9.17, 15) is 9.59 Å². The van der Waals surface area contributed by atoms with Crippen LogP contribution in [0.5, 0.6) is 5.75 Å². The number of ether oxygens (including phenoxy) is 1. The molecule has 0 spiro atoms. The quantitative estimate of drug-likeness (QED) is 0.155. The fraction of sp³-hybridized carbons (Fsp3) is 0.0385. The highest BCUT2D eigenvalue weighted by Gasteiger charge is 2.14. The van der Waals surface area contributed by atoms with Crippen molar-refractivity contribution in [3.05, 3.63) is 116 Å². The van der Waals surface area contributed by atoms with Crippen LogP contribution in [0.1, 0.15) is 21.5 Å². The van der Waals surface area contributed by atoms with E-state index in [-0.39, 0.29) is 5.70 Å². The Morgan fingerprint density at radius 1 is 0.971 bits per heavy atom. The van der Waals surface area contributed by atoms with E-state index in [1.807, 2.05) is 48.5 Å². The molecule has 0 aliphatic heterocycles. The van der Waals surface area contributed by atoms with Crippen LogP contribution in [0.3, 0.4) is 0 Å². The van der Waals surface area contributed by atoms with Crippen LogP contribution < -0.4 is 15.5 Å². The van der Waals surface area contributed by atoms with E-state index in [4.69, 9.17) is 4.74 Å². The van der Waals surface area contributed by atoms with E-state index < -0.39 is 11.8 Å². The Balaban J connectivity index is 1.80. The number of nitrogens with one attached hydrogen (secondary N) is 2. The zero-order chi connectivity index (χ0) is 24.3. The second kappa shape index (κ2) is 12.7. The fourth-order valence-electron chi connectivity index (χ4n) is 2.89. The molecule has 0 aliphatic rings. The minimum absolute atomic E-state index is 0.0422. The Bertz CT molecular complexity index is 1240. The maximum absolute atomic E-state index is 12.8. The molecule has 0 heterocycles. The summed E-state index contributed by atoms with van der Waals surface area (Å²) in [5, 5.41) is 6.69. The lowest BCUT2D eigenvalue weighted by molar-refractivity contribution is -0.117. The van der Waals surface area contributed by atoms with Gasteiger partial charge in [-0.3, -0.25) is 9.59 Å². The molecule has 34 heavy (non-hydrogen) atoms. The maximum Gasteiger partial charge on any atom is 0.287 e. The highest BCUT2D eigenvalue weighted by Crippen LogP contribution is 2.31. The average molecular weight is 583 g/mol. The first-order valence-electron chi connectivity index (χ1n) is 10.1. The first kappa shape index (κ1) is 25.1. The molecule has 0 unspecified atom stereocenters. The van der Waals surface area contributed by atoms with Crippen LogP contribution in [-0.4, -0.2) is 25.1 Å². The number of hydrazone groups is 1. The Kier molecular flexibility index (Phi) is 9.37. The van der Waals surface area contributed by atoms with Gasteiger partial charge in [0.05, 0.1) is 17.8 Å². The van der Waals surface area contributed by atoms with Crippen molar-refractivity contribution in [2.75, 3.05) is 7.11 Å². The summed E-state index contributed by atoms with van der Waals surface area (Å²) in [6.07, 6.45) is 6.50. The Labute approximate surface area is 214 Å². The van der Waals surface area contributed by atoms with Crippen LogP contribution >= 0.6 is 31.9 Å². The third-order valence-electron chi connectivity index (χ3n) is 4.49. The molecule has 3 aromatic rings. The molecule has 0 radical (unpaired) electrons. The van der Waals surface area contributed by atoms with E-state index in [0.717, 1.165) is 14.5 Å². The van der Waals surface area contributed by atoms with Gasteiger partial charge in [0.1, 0.15) is 11.4 Å². The lowest BCUT2D eigenvalue weighted by Crippen LogP contribution is -2.32. The summed E-state index contributed by atoms with van der Waals surface area (Å²) in [5.41, 5.74) is 4.53. The number of hydrogen-bond acceptors (Lipinski definition) is 4. The topological polar surface area (TPSA) is 79.8 Å². The lowest BCUT2D eigenvalue weighted by Gasteiger charge is -2.09. The van der Waals surface area contributed by atoms with Crippen molar-refractivity contribution in [3.8, 4) is 5.75 Å². The number of benzene rings is 3. The molecule has 0 aromatic heterocycles. The van der Waals surface area contributed by atoms with E-state index in [1.165, 1.54) is 12.3 Å². The van der Waals surface area contributed by atoms with Crippen LogP contribution in [0.15, 0.2) is 105 Å². The third kappa shape index (κ3) is 7.26. The van der Waals surface area contributed by atoms with Crippen molar-refractivity contribution in [3.63, 3.8) is 0 Å². The number of carbonyl (C=O) groups is 2. The summed E-state index contributed by atoms with van der Waals surface area (Å²) in [4.78, 5) is 25.5. The number of methoxy groups -OCH3 is 1. The van der Waals surface area contributed by atoms with Crippen LogP contribution in [0, 0.1) is 0 Å². The minimum Gasteiger partial charge on any atom is -0.495 e. The monoisotopic (exact) mass is 581 g/mol.